The summed E-state index contributed by atoms with van der Waals surface area (Å²) < 4.78 is 4.80. The molecular weight excluding hydrogens is 252 g/mol. The molecule has 0 atom stereocenters. The van der Waals surface area contributed by atoms with Gasteiger partial charge in [-0.3, -0.25) is 14.9 Å². The first-order chi connectivity index (χ1) is 8.85. The van der Waals surface area contributed by atoms with Gasteiger partial charge < -0.3 is 14.8 Å². The third-order valence-electron chi connectivity index (χ3n) is 2.73. The van der Waals surface area contributed by atoms with Crippen molar-refractivity contribution in [3.8, 4) is 0 Å². The summed E-state index contributed by atoms with van der Waals surface area (Å²) >= 11 is 0. The number of aliphatic hydroxyl groups is 1. The highest BCUT2D eigenvalue weighted by molar-refractivity contribution is 5.91. The van der Waals surface area contributed by atoms with E-state index in [0.717, 1.165) is 12.5 Å². The lowest BCUT2D eigenvalue weighted by Gasteiger charge is -2.24. The minimum Gasteiger partial charge on any atom is -0.396 e. The van der Waals surface area contributed by atoms with Crippen molar-refractivity contribution in [2.45, 2.75) is 26.7 Å². The number of hydrogen-bond donors (Lipinski definition) is 2. The summed E-state index contributed by atoms with van der Waals surface area (Å²) in [5.74, 6) is -1.01. The van der Waals surface area contributed by atoms with E-state index in [1.165, 1.54) is 6.07 Å². The summed E-state index contributed by atoms with van der Waals surface area (Å²) in [6.07, 6.45) is 1.43. The molecule has 7 heteroatoms. The van der Waals surface area contributed by atoms with Gasteiger partial charge in [0, 0.05) is 13.2 Å². The SMILES string of the molecule is CC(C)(CCCO)CNC(=O)c1ccc([N+](=O)[O-])o1. The highest BCUT2D eigenvalue weighted by Crippen LogP contribution is 2.21. The van der Waals surface area contributed by atoms with E-state index in [-0.39, 0.29) is 17.8 Å². The van der Waals surface area contributed by atoms with Gasteiger partial charge in [-0.15, -0.1) is 0 Å². The van der Waals surface area contributed by atoms with E-state index in [0.29, 0.717) is 13.0 Å². The lowest BCUT2D eigenvalue weighted by Crippen LogP contribution is -2.33. The van der Waals surface area contributed by atoms with Crippen LogP contribution in [0.15, 0.2) is 16.5 Å². The third-order valence-corrected chi connectivity index (χ3v) is 2.73. The fraction of sp³-hybridized carbons (Fsp3) is 0.583. The molecule has 0 radical (unpaired) electrons. The Labute approximate surface area is 110 Å². The van der Waals surface area contributed by atoms with Crippen LogP contribution in [-0.4, -0.2) is 29.1 Å². The first-order valence-corrected chi connectivity index (χ1v) is 5.99. The monoisotopic (exact) mass is 270 g/mol. The van der Waals surface area contributed by atoms with Crippen molar-refractivity contribution in [1.29, 1.82) is 0 Å². The first kappa shape index (κ1) is 15.2. The van der Waals surface area contributed by atoms with Gasteiger partial charge in [0.2, 0.25) is 0 Å². The lowest BCUT2D eigenvalue weighted by atomic mass is 9.88. The number of rotatable bonds is 7. The highest BCUT2D eigenvalue weighted by Gasteiger charge is 2.21. The maximum Gasteiger partial charge on any atom is 0.433 e. The van der Waals surface area contributed by atoms with Crippen LogP contribution in [0.25, 0.3) is 0 Å². The van der Waals surface area contributed by atoms with Crippen molar-refractivity contribution in [3.05, 3.63) is 28.0 Å². The molecule has 106 valence electrons. The van der Waals surface area contributed by atoms with Crippen molar-refractivity contribution in [2.75, 3.05) is 13.2 Å². The zero-order chi connectivity index (χ0) is 14.5. The van der Waals surface area contributed by atoms with E-state index < -0.39 is 16.7 Å². The summed E-state index contributed by atoms with van der Waals surface area (Å²) in [4.78, 5) is 21.5. The largest absolute Gasteiger partial charge is 0.433 e. The fourth-order valence-electron chi connectivity index (χ4n) is 1.60. The molecule has 0 aliphatic rings. The molecule has 0 fully saturated rings. The topological polar surface area (TPSA) is 106 Å². The minimum absolute atomic E-state index is 0.0790. The number of furan rings is 1. The molecule has 0 bridgehead atoms. The Bertz CT molecular complexity index is 453. The van der Waals surface area contributed by atoms with Crippen LogP contribution in [0, 0.1) is 15.5 Å². The average Bonchev–Trinajstić information content (AvgIpc) is 2.83. The van der Waals surface area contributed by atoms with E-state index in [2.05, 4.69) is 5.32 Å². The molecule has 1 amide bonds. The smallest absolute Gasteiger partial charge is 0.396 e. The van der Waals surface area contributed by atoms with Gasteiger partial charge in [0.25, 0.3) is 5.91 Å². The maximum atomic E-state index is 11.7. The number of nitrogens with one attached hydrogen (secondary N) is 1. The summed E-state index contributed by atoms with van der Waals surface area (Å²) in [6, 6.07) is 2.42. The summed E-state index contributed by atoms with van der Waals surface area (Å²) in [7, 11) is 0. The number of nitrogens with zero attached hydrogens (tertiary/aromatic N) is 1. The van der Waals surface area contributed by atoms with E-state index in [9.17, 15) is 14.9 Å². The molecule has 1 heterocycles. The Morgan fingerprint density at radius 1 is 1.53 bits per heavy atom. The molecule has 2 N–H and O–H groups in total. The Morgan fingerprint density at radius 2 is 2.21 bits per heavy atom. The molecule has 0 unspecified atom stereocenters. The normalized spacial score (nSPS) is 11.3. The summed E-state index contributed by atoms with van der Waals surface area (Å²) in [5.41, 5.74) is -0.156. The number of carbonyl (C=O) groups excluding carboxylic acids is 1. The van der Waals surface area contributed by atoms with Gasteiger partial charge in [-0.05, 0) is 24.3 Å². The lowest BCUT2D eigenvalue weighted by molar-refractivity contribution is -0.402. The van der Waals surface area contributed by atoms with Crippen LogP contribution in [0.1, 0.15) is 37.2 Å². The van der Waals surface area contributed by atoms with Crippen molar-refractivity contribution in [1.82, 2.24) is 5.32 Å². The molecular formula is C12H18N2O5. The van der Waals surface area contributed by atoms with Crippen LogP contribution in [0.5, 0.6) is 0 Å². The van der Waals surface area contributed by atoms with Gasteiger partial charge in [-0.2, -0.15) is 0 Å². The second-order valence-corrected chi connectivity index (χ2v) is 5.07. The Kier molecular flexibility index (Phi) is 5.05. The maximum absolute atomic E-state index is 11.7. The van der Waals surface area contributed by atoms with Crippen molar-refractivity contribution in [3.63, 3.8) is 0 Å². The van der Waals surface area contributed by atoms with Crippen LogP contribution in [-0.2, 0) is 0 Å². The van der Waals surface area contributed by atoms with Crippen LogP contribution in [0.4, 0.5) is 5.88 Å². The minimum atomic E-state index is -0.692. The molecule has 0 aliphatic carbocycles. The van der Waals surface area contributed by atoms with Gasteiger partial charge in [-0.1, -0.05) is 13.8 Å². The number of aliphatic hydroxyl groups excluding tert-OH is 1. The highest BCUT2D eigenvalue weighted by atomic mass is 16.6. The summed E-state index contributed by atoms with van der Waals surface area (Å²) in [6.45, 7) is 4.45. The van der Waals surface area contributed by atoms with Crippen LogP contribution >= 0.6 is 0 Å². The van der Waals surface area contributed by atoms with E-state index in [1.807, 2.05) is 13.8 Å². The van der Waals surface area contributed by atoms with Gasteiger partial charge in [0.15, 0.2) is 5.76 Å². The van der Waals surface area contributed by atoms with E-state index in [4.69, 9.17) is 9.52 Å². The van der Waals surface area contributed by atoms with Gasteiger partial charge >= 0.3 is 5.88 Å². The van der Waals surface area contributed by atoms with Gasteiger partial charge in [0.05, 0.1) is 6.07 Å². The van der Waals surface area contributed by atoms with Crippen molar-refractivity contribution in [2.24, 2.45) is 5.41 Å². The fourth-order valence-corrected chi connectivity index (χ4v) is 1.60. The molecule has 0 spiro atoms. The first-order valence-electron chi connectivity index (χ1n) is 5.99. The Hall–Kier alpha value is -1.89. The molecule has 0 saturated carbocycles. The zero-order valence-corrected chi connectivity index (χ0v) is 11.0. The van der Waals surface area contributed by atoms with Gasteiger partial charge in [-0.25, -0.2) is 0 Å². The Balaban J connectivity index is 2.52. The third kappa shape index (κ3) is 4.70. The predicted octanol–water partition coefficient (Wildman–Crippen LogP) is 1.72. The van der Waals surface area contributed by atoms with E-state index in [1.54, 1.807) is 0 Å². The predicted molar refractivity (Wildman–Crippen MR) is 67.8 cm³/mol. The number of hydrogen-bond acceptors (Lipinski definition) is 5. The summed E-state index contributed by atoms with van der Waals surface area (Å²) in [5, 5.41) is 21.9. The molecule has 0 aromatic carbocycles. The molecule has 1 aromatic rings. The van der Waals surface area contributed by atoms with Crippen LogP contribution < -0.4 is 5.32 Å². The molecule has 0 aliphatic heterocycles. The number of nitro groups is 1. The number of amides is 1. The standard InChI is InChI=1S/C12H18N2O5/c1-12(2,6-3-7-15)8-13-11(16)9-4-5-10(19-9)14(17)18/h4-5,15H,3,6-8H2,1-2H3,(H,13,16). The molecule has 0 saturated heterocycles. The molecule has 7 nitrogen and oxygen atoms in total. The Morgan fingerprint density at radius 3 is 2.74 bits per heavy atom. The van der Waals surface area contributed by atoms with Crippen molar-refractivity contribution >= 4 is 11.8 Å². The second kappa shape index (κ2) is 6.33. The number of carbonyl (C=O) groups is 1. The quantitative estimate of drug-likeness (QED) is 0.579. The molecule has 1 aromatic heterocycles. The van der Waals surface area contributed by atoms with Gasteiger partial charge in [0.1, 0.15) is 4.92 Å². The van der Waals surface area contributed by atoms with Crippen LogP contribution in [0.3, 0.4) is 0 Å². The van der Waals surface area contributed by atoms with Crippen molar-refractivity contribution < 1.29 is 19.2 Å². The molecule has 19 heavy (non-hydrogen) atoms. The average molecular weight is 270 g/mol. The van der Waals surface area contributed by atoms with Crippen LogP contribution in [0.2, 0.25) is 0 Å². The second-order valence-electron chi connectivity index (χ2n) is 5.07. The zero-order valence-electron chi connectivity index (χ0n) is 11.0. The molecule has 1 rings (SSSR count). The van der Waals surface area contributed by atoms with E-state index >= 15 is 0 Å².